The van der Waals surface area contributed by atoms with E-state index in [1.165, 1.54) is 7.11 Å². The van der Waals surface area contributed by atoms with Gasteiger partial charge in [-0.2, -0.15) is 0 Å². The molecule has 2 heteroatoms. The van der Waals surface area contributed by atoms with Crippen molar-refractivity contribution in [3.05, 3.63) is 0 Å². The smallest absolute Gasteiger partial charge is 0.211 e. The molecular formula is C3H7NO. The van der Waals surface area contributed by atoms with Crippen molar-refractivity contribution >= 4 is 6.41 Å². The third-order valence-corrected chi connectivity index (χ3v) is 0.204. The lowest BCUT2D eigenvalue weighted by Crippen LogP contribution is -2.00. The van der Waals surface area contributed by atoms with Gasteiger partial charge in [0, 0.05) is 0 Å². The molecule has 0 aliphatic rings. The predicted octanol–water partition coefficient (Wildman–Crippen LogP) is -0.562. The summed E-state index contributed by atoms with van der Waals surface area (Å²) in [5.74, 6) is 0. The van der Waals surface area contributed by atoms with E-state index in [0.29, 0.717) is 0 Å². The van der Waals surface area contributed by atoms with Gasteiger partial charge in [0.1, 0.15) is 0 Å². The number of rotatable bonds is 1. The molecule has 0 rings (SSSR count). The summed E-state index contributed by atoms with van der Waals surface area (Å²) in [5.41, 5.74) is 0. The molecule has 0 aliphatic heterocycles. The Morgan fingerprint density at radius 3 is 2.40 bits per heavy atom. The van der Waals surface area contributed by atoms with Crippen LogP contribution in [-0.2, 0) is 4.42 Å². The molecule has 0 spiro atoms. The highest BCUT2D eigenvalue weighted by atomic mass is 16.4. The van der Waals surface area contributed by atoms with Gasteiger partial charge in [-0.15, -0.1) is 0 Å². The van der Waals surface area contributed by atoms with Gasteiger partial charge in [0.15, 0.2) is 0 Å². The third kappa shape index (κ3) is 3.47. The molecule has 0 heterocycles. The fourth-order valence-electron chi connectivity index (χ4n) is 0.102. The Morgan fingerprint density at radius 2 is 2.40 bits per heavy atom. The van der Waals surface area contributed by atoms with Crippen LogP contribution in [0.15, 0.2) is 0 Å². The molecule has 0 fully saturated rings. The molecule has 0 aromatic rings. The number of amides is 1. The topological polar surface area (TPSA) is 23.3 Å². The first-order valence-electron chi connectivity index (χ1n) is 1.36. The van der Waals surface area contributed by atoms with E-state index in [0.717, 1.165) is 0 Å². The number of nitrogens with one attached hydrogen (secondary N) is 1. The second kappa shape index (κ2) is 3.47. The van der Waals surface area contributed by atoms with Crippen LogP contribution in [0.5, 0.6) is 0 Å². The molecule has 1 amide bonds. The lowest BCUT2D eigenvalue weighted by Gasteiger charge is -1.81. The highest BCUT2D eigenvalue weighted by molar-refractivity contribution is 5.46. The largest absolute Gasteiger partial charge is 0.484 e. The molecule has 0 unspecified atom stereocenters. The minimum Gasteiger partial charge on any atom is -0.484 e. The predicted molar refractivity (Wildman–Crippen MR) is 20.7 cm³/mol. The van der Waals surface area contributed by atoms with Crippen molar-refractivity contribution < 1.29 is 4.42 Å². The first kappa shape index (κ1) is 4.47. The molecule has 5 heavy (non-hydrogen) atoms. The summed E-state index contributed by atoms with van der Waals surface area (Å²) >= 11 is 0. The fraction of sp³-hybridized carbons (Fsp3) is 0.667. The maximum atomic E-state index is 4.33. The molecule has 2 nitrogen and oxygen atoms in total. The first-order valence-corrected chi connectivity index (χ1v) is 1.36. The maximum Gasteiger partial charge on any atom is 0.211 e. The summed E-state index contributed by atoms with van der Waals surface area (Å²) in [7, 11) is 3.26. The summed E-state index contributed by atoms with van der Waals surface area (Å²) < 4.78 is 4.33. The van der Waals surface area contributed by atoms with Gasteiger partial charge in [-0.3, -0.25) is 0 Å². The molecule has 30 valence electrons. The van der Waals surface area contributed by atoms with Gasteiger partial charge < -0.3 is 9.74 Å². The van der Waals surface area contributed by atoms with Crippen molar-refractivity contribution in [1.29, 1.82) is 0 Å². The average Bonchev–Trinajstić information content (AvgIpc) is 1.41. The third-order valence-electron chi connectivity index (χ3n) is 0.204. The molecule has 0 radical (unpaired) electrons. The number of hydrogen-bond donors (Lipinski definition) is 1. The molecule has 0 aromatic carbocycles. The van der Waals surface area contributed by atoms with Crippen LogP contribution in [0.1, 0.15) is 0 Å². The monoisotopic (exact) mass is 73.1 g/mol. The maximum absolute atomic E-state index is 4.33. The second-order valence-electron chi connectivity index (χ2n) is 0.556. The summed E-state index contributed by atoms with van der Waals surface area (Å²) in [6.45, 7) is 0. The van der Waals surface area contributed by atoms with Gasteiger partial charge in [-0.25, -0.2) is 0 Å². The van der Waals surface area contributed by atoms with Crippen LogP contribution in [0.3, 0.4) is 0 Å². The molecule has 0 saturated heterocycles. The van der Waals surface area contributed by atoms with Gasteiger partial charge in [0.2, 0.25) is 7.11 Å². The molecular weight excluding hydrogens is 66.0 g/mol. The van der Waals surface area contributed by atoms with Crippen LogP contribution in [0.4, 0.5) is 0 Å². The van der Waals surface area contributed by atoms with E-state index in [1.54, 1.807) is 7.05 Å². The van der Waals surface area contributed by atoms with E-state index in [1.807, 2.05) is 0 Å². The van der Waals surface area contributed by atoms with Gasteiger partial charge in [0.05, 0.1) is 6.41 Å². The van der Waals surface area contributed by atoms with Gasteiger partial charge in [-0.1, -0.05) is 0 Å². The van der Waals surface area contributed by atoms with Crippen LogP contribution in [0, 0.1) is 0 Å². The van der Waals surface area contributed by atoms with Crippen molar-refractivity contribution in [2.75, 3.05) is 14.2 Å². The Kier molecular flexibility index (Phi) is 3.10. The Morgan fingerprint density at radius 1 is 1.80 bits per heavy atom. The van der Waals surface area contributed by atoms with E-state index in [2.05, 4.69) is 16.2 Å². The molecule has 0 saturated carbocycles. The zero-order valence-corrected chi connectivity index (χ0v) is 3.41. The van der Waals surface area contributed by atoms with E-state index in [-0.39, 0.29) is 0 Å². The minimum atomic E-state index is 1.54. The van der Waals surface area contributed by atoms with Crippen molar-refractivity contribution in [2.45, 2.75) is 0 Å². The second-order valence-corrected chi connectivity index (χ2v) is 0.556. The van der Waals surface area contributed by atoms with Crippen molar-refractivity contribution in [3.8, 4) is 0 Å². The molecule has 0 aromatic heterocycles. The highest BCUT2D eigenvalue weighted by Crippen LogP contribution is 1.25. The Labute approximate surface area is 31.5 Å². The fourth-order valence-corrected chi connectivity index (χ4v) is 0.102. The van der Waals surface area contributed by atoms with Gasteiger partial charge in [0.25, 0.3) is 0 Å². The molecule has 0 atom stereocenters. The van der Waals surface area contributed by atoms with Crippen LogP contribution in [0.2, 0.25) is 0 Å². The van der Waals surface area contributed by atoms with Crippen LogP contribution in [-0.4, -0.2) is 20.6 Å². The van der Waals surface area contributed by atoms with Crippen molar-refractivity contribution in [2.24, 2.45) is 0 Å². The zero-order chi connectivity index (χ0) is 4.12. The van der Waals surface area contributed by atoms with Crippen molar-refractivity contribution in [3.63, 3.8) is 0 Å². The highest BCUT2D eigenvalue weighted by Gasteiger charge is 1.41. The quantitative estimate of drug-likeness (QED) is 0.244. The summed E-state index contributed by atoms with van der Waals surface area (Å²) in [5, 5.41) is 2.55. The Balaban J connectivity index is 2.62. The zero-order valence-electron chi connectivity index (χ0n) is 3.41. The standard InChI is InChI=1S/C3H7NO/c1-4-3-5-2/h4H,1-2H3. The number of hydrogen-bond acceptors (Lipinski definition) is 0. The lowest BCUT2D eigenvalue weighted by atomic mass is 11.2. The summed E-state index contributed by atoms with van der Waals surface area (Å²) in [4.78, 5) is 0. The molecule has 1 N–H and O–H groups in total. The van der Waals surface area contributed by atoms with Gasteiger partial charge >= 0.3 is 0 Å². The van der Waals surface area contributed by atoms with E-state index in [9.17, 15) is 0 Å². The van der Waals surface area contributed by atoms with Crippen LogP contribution in [0.25, 0.3) is 0 Å². The summed E-state index contributed by atoms with van der Waals surface area (Å²) in [6.07, 6.45) is 2.36. The van der Waals surface area contributed by atoms with Crippen LogP contribution < -0.4 is 5.32 Å². The van der Waals surface area contributed by atoms with E-state index in [4.69, 9.17) is 0 Å². The average molecular weight is 73.1 g/mol. The van der Waals surface area contributed by atoms with Gasteiger partial charge in [-0.05, 0) is 7.05 Å². The SMILES string of the molecule is CN[C-]=[O+]C. The van der Waals surface area contributed by atoms with E-state index < -0.39 is 0 Å². The first-order chi connectivity index (χ1) is 2.41. The van der Waals surface area contributed by atoms with Crippen molar-refractivity contribution in [1.82, 2.24) is 5.32 Å². The Hall–Kier alpha value is -0.530. The molecule has 0 aliphatic carbocycles. The molecule has 0 bridgehead atoms. The summed E-state index contributed by atoms with van der Waals surface area (Å²) in [6, 6.07) is 0. The Bertz CT molecular complexity index is 33.9. The normalized spacial score (nSPS) is 9.20. The minimum absolute atomic E-state index is 1.54. The lowest BCUT2D eigenvalue weighted by molar-refractivity contribution is 0.179. The van der Waals surface area contributed by atoms with Crippen LogP contribution >= 0.6 is 0 Å². The van der Waals surface area contributed by atoms with E-state index >= 15 is 0 Å². The number of carbonyl (C=O) groups excluding carboxylic acids is 1.